The minimum absolute atomic E-state index is 0.0634. The average Bonchev–Trinajstić information content (AvgIpc) is 2.60. The van der Waals surface area contributed by atoms with Gasteiger partial charge in [0.2, 0.25) is 0 Å². The lowest BCUT2D eigenvalue weighted by Gasteiger charge is -2.04. The van der Waals surface area contributed by atoms with Crippen molar-refractivity contribution < 1.29 is 9.53 Å². The predicted octanol–water partition coefficient (Wildman–Crippen LogP) is 7.59. The molecule has 0 aromatic heterocycles. The van der Waals surface area contributed by atoms with Gasteiger partial charge in [0.05, 0.1) is 7.11 Å². The fourth-order valence-electron chi connectivity index (χ4n) is 3.27. The first-order valence-corrected chi connectivity index (χ1v) is 10.9. The number of carbonyl (C=O) groups is 1. The molecule has 0 amide bonds. The molecule has 2 nitrogen and oxygen atoms in total. The molecule has 0 aromatic rings. The third kappa shape index (κ3) is 19.5. The maximum Gasteiger partial charge on any atom is 0.305 e. The molecular formula is C22H44O2. The summed E-state index contributed by atoms with van der Waals surface area (Å²) in [6, 6.07) is 0. The molecule has 0 heterocycles. The monoisotopic (exact) mass is 340 g/mol. The molecule has 0 aliphatic carbocycles. The van der Waals surface area contributed by atoms with Gasteiger partial charge in [-0.05, 0) is 6.42 Å². The summed E-state index contributed by atoms with van der Waals surface area (Å²) < 4.78 is 4.64. The summed E-state index contributed by atoms with van der Waals surface area (Å²) in [6.07, 6.45) is 25.4. The van der Waals surface area contributed by atoms with Crippen LogP contribution in [0.3, 0.4) is 0 Å². The third-order valence-electron chi connectivity index (χ3n) is 4.96. The number of carbonyl (C=O) groups excluding carboxylic acids is 1. The van der Waals surface area contributed by atoms with Crippen LogP contribution in [0.2, 0.25) is 0 Å². The third-order valence-corrected chi connectivity index (χ3v) is 4.96. The first-order valence-electron chi connectivity index (χ1n) is 10.9. The van der Waals surface area contributed by atoms with Gasteiger partial charge in [-0.3, -0.25) is 4.79 Å². The van der Waals surface area contributed by atoms with Crippen molar-refractivity contribution in [3.63, 3.8) is 0 Å². The molecular weight excluding hydrogens is 296 g/mol. The molecule has 24 heavy (non-hydrogen) atoms. The minimum atomic E-state index is -0.0634. The van der Waals surface area contributed by atoms with Crippen LogP contribution in [0, 0.1) is 0 Å². The summed E-state index contributed by atoms with van der Waals surface area (Å²) in [7, 11) is 1.47. The summed E-state index contributed by atoms with van der Waals surface area (Å²) in [6.45, 7) is 2.29. The average molecular weight is 341 g/mol. The molecule has 0 aliphatic heterocycles. The number of methoxy groups -OCH3 is 1. The molecule has 0 saturated carbocycles. The summed E-state index contributed by atoms with van der Waals surface area (Å²) in [5, 5.41) is 0. The van der Waals surface area contributed by atoms with Crippen molar-refractivity contribution >= 4 is 5.97 Å². The van der Waals surface area contributed by atoms with Crippen LogP contribution < -0.4 is 0 Å². The predicted molar refractivity (Wildman–Crippen MR) is 105 cm³/mol. The SMILES string of the molecule is CCCCCCCCCCCCCCCCCCCCC(=O)OC. The molecule has 0 radical (unpaired) electrons. The Labute approximate surface area is 152 Å². The van der Waals surface area contributed by atoms with Gasteiger partial charge in [0.25, 0.3) is 0 Å². The van der Waals surface area contributed by atoms with Gasteiger partial charge in [-0.15, -0.1) is 0 Å². The van der Waals surface area contributed by atoms with Gasteiger partial charge in [-0.25, -0.2) is 0 Å². The standard InChI is InChI=1S/C22H44O2/c1-3-4-5-6-7-8-9-10-11-12-13-14-15-16-17-18-19-20-21-22(23)24-2/h3-21H2,1-2H3. The Balaban J connectivity index is 2.99. The highest BCUT2D eigenvalue weighted by Crippen LogP contribution is 2.14. The zero-order valence-electron chi connectivity index (χ0n) is 16.8. The van der Waals surface area contributed by atoms with E-state index in [1.165, 1.54) is 116 Å². The number of rotatable bonds is 19. The Morgan fingerprint density at radius 1 is 0.542 bits per heavy atom. The summed E-state index contributed by atoms with van der Waals surface area (Å²) in [5.74, 6) is -0.0634. The maximum atomic E-state index is 11.0. The molecule has 0 bridgehead atoms. The number of hydrogen-bond donors (Lipinski definition) is 0. The van der Waals surface area contributed by atoms with Crippen LogP contribution in [0.1, 0.15) is 129 Å². The molecule has 0 fully saturated rings. The van der Waals surface area contributed by atoms with Crippen molar-refractivity contribution in [3.8, 4) is 0 Å². The largest absolute Gasteiger partial charge is 0.469 e. The van der Waals surface area contributed by atoms with Gasteiger partial charge < -0.3 is 4.74 Å². The van der Waals surface area contributed by atoms with Crippen molar-refractivity contribution in [2.45, 2.75) is 129 Å². The summed E-state index contributed by atoms with van der Waals surface area (Å²) >= 11 is 0. The van der Waals surface area contributed by atoms with Crippen molar-refractivity contribution in [3.05, 3.63) is 0 Å². The second kappa shape index (κ2) is 20.5. The van der Waals surface area contributed by atoms with Crippen molar-refractivity contribution in [2.75, 3.05) is 7.11 Å². The number of hydrogen-bond acceptors (Lipinski definition) is 2. The smallest absolute Gasteiger partial charge is 0.305 e. The molecule has 0 aliphatic rings. The van der Waals surface area contributed by atoms with Gasteiger partial charge >= 0.3 is 5.97 Å². The highest BCUT2D eigenvalue weighted by atomic mass is 16.5. The highest BCUT2D eigenvalue weighted by molar-refractivity contribution is 5.68. The van der Waals surface area contributed by atoms with Gasteiger partial charge in [0, 0.05) is 6.42 Å². The van der Waals surface area contributed by atoms with Crippen LogP contribution in [0.4, 0.5) is 0 Å². The summed E-state index contributed by atoms with van der Waals surface area (Å²) in [4.78, 5) is 11.0. The Bertz CT molecular complexity index is 250. The van der Waals surface area contributed by atoms with E-state index >= 15 is 0 Å². The molecule has 0 unspecified atom stereocenters. The number of unbranched alkanes of at least 4 members (excludes halogenated alkanes) is 17. The number of esters is 1. The minimum Gasteiger partial charge on any atom is -0.469 e. The van der Waals surface area contributed by atoms with E-state index in [0.717, 1.165) is 6.42 Å². The van der Waals surface area contributed by atoms with Crippen LogP contribution in [0.25, 0.3) is 0 Å². The maximum absolute atomic E-state index is 11.0. The van der Waals surface area contributed by atoms with E-state index < -0.39 is 0 Å². The second-order valence-corrected chi connectivity index (χ2v) is 7.34. The molecule has 0 spiro atoms. The Hall–Kier alpha value is -0.530. The molecule has 0 atom stereocenters. The zero-order valence-corrected chi connectivity index (χ0v) is 16.8. The molecule has 0 aromatic carbocycles. The molecule has 2 heteroatoms. The normalized spacial score (nSPS) is 10.9. The lowest BCUT2D eigenvalue weighted by Crippen LogP contribution is -1.99. The van der Waals surface area contributed by atoms with Crippen molar-refractivity contribution in [1.82, 2.24) is 0 Å². The fourth-order valence-corrected chi connectivity index (χ4v) is 3.27. The quantitative estimate of drug-likeness (QED) is 0.179. The zero-order chi connectivity index (χ0) is 17.7. The van der Waals surface area contributed by atoms with Crippen LogP contribution in [-0.4, -0.2) is 13.1 Å². The molecule has 0 rings (SSSR count). The van der Waals surface area contributed by atoms with E-state index in [4.69, 9.17) is 0 Å². The lowest BCUT2D eigenvalue weighted by atomic mass is 10.0. The second-order valence-electron chi connectivity index (χ2n) is 7.34. The van der Waals surface area contributed by atoms with E-state index in [9.17, 15) is 4.79 Å². The Kier molecular flexibility index (Phi) is 20.1. The Morgan fingerprint density at radius 2 is 0.833 bits per heavy atom. The van der Waals surface area contributed by atoms with Gasteiger partial charge in [0.15, 0.2) is 0 Å². The summed E-state index contributed by atoms with van der Waals surface area (Å²) in [5.41, 5.74) is 0. The van der Waals surface area contributed by atoms with Crippen LogP contribution in [-0.2, 0) is 9.53 Å². The first-order chi connectivity index (χ1) is 11.8. The van der Waals surface area contributed by atoms with E-state index in [-0.39, 0.29) is 5.97 Å². The van der Waals surface area contributed by atoms with Crippen LogP contribution in [0.5, 0.6) is 0 Å². The van der Waals surface area contributed by atoms with E-state index in [1.807, 2.05) is 0 Å². The van der Waals surface area contributed by atoms with Gasteiger partial charge in [-0.1, -0.05) is 116 Å². The molecule has 144 valence electrons. The highest BCUT2D eigenvalue weighted by Gasteiger charge is 1.99. The van der Waals surface area contributed by atoms with E-state index in [2.05, 4.69) is 11.7 Å². The number of ether oxygens (including phenoxy) is 1. The van der Waals surface area contributed by atoms with E-state index in [0.29, 0.717) is 6.42 Å². The van der Waals surface area contributed by atoms with E-state index in [1.54, 1.807) is 0 Å². The van der Waals surface area contributed by atoms with Gasteiger partial charge in [0.1, 0.15) is 0 Å². The molecule has 0 N–H and O–H groups in total. The topological polar surface area (TPSA) is 26.3 Å². The van der Waals surface area contributed by atoms with Crippen LogP contribution in [0.15, 0.2) is 0 Å². The van der Waals surface area contributed by atoms with Crippen molar-refractivity contribution in [1.29, 1.82) is 0 Å². The Morgan fingerprint density at radius 3 is 1.12 bits per heavy atom. The fraction of sp³-hybridized carbons (Fsp3) is 0.955. The van der Waals surface area contributed by atoms with Gasteiger partial charge in [-0.2, -0.15) is 0 Å². The lowest BCUT2D eigenvalue weighted by molar-refractivity contribution is -0.140. The van der Waals surface area contributed by atoms with Crippen molar-refractivity contribution in [2.24, 2.45) is 0 Å². The first kappa shape index (κ1) is 23.5. The van der Waals surface area contributed by atoms with Crippen LogP contribution >= 0.6 is 0 Å². The molecule has 0 saturated heterocycles.